The second-order valence-corrected chi connectivity index (χ2v) is 2.85. The molecule has 1 rings (SSSR count). The highest BCUT2D eigenvalue weighted by molar-refractivity contribution is 8.27. The van der Waals surface area contributed by atoms with Gasteiger partial charge in [0.25, 0.3) is 0 Å². The van der Waals surface area contributed by atoms with E-state index in [0.717, 1.165) is 10.7 Å². The standard InChI is InChI=1S/C7H9N3S/c1-3-5-6(9-4-2)11-7(8)10-5/h3-4H,2H2,1H3,(H2,8,10)/b5-3+,9-6+. The molecule has 0 radical (unpaired) electrons. The molecule has 1 aliphatic rings. The maximum Gasteiger partial charge on any atom is 0.165 e. The Balaban J connectivity index is 2.92. The van der Waals surface area contributed by atoms with Crippen LogP contribution in [0.5, 0.6) is 0 Å². The van der Waals surface area contributed by atoms with Crippen molar-refractivity contribution in [1.82, 2.24) is 0 Å². The van der Waals surface area contributed by atoms with Crippen molar-refractivity contribution in [1.29, 1.82) is 0 Å². The number of aliphatic imine (C=N–C) groups is 2. The first-order valence-corrected chi connectivity index (χ1v) is 3.97. The molecule has 0 aromatic carbocycles. The van der Waals surface area contributed by atoms with E-state index in [0.29, 0.717) is 5.17 Å². The molecule has 11 heavy (non-hydrogen) atoms. The van der Waals surface area contributed by atoms with Crippen LogP contribution in [0.2, 0.25) is 0 Å². The maximum atomic E-state index is 5.48. The van der Waals surface area contributed by atoms with Gasteiger partial charge in [0, 0.05) is 6.20 Å². The van der Waals surface area contributed by atoms with Crippen LogP contribution in [0.3, 0.4) is 0 Å². The molecule has 0 aromatic rings. The summed E-state index contributed by atoms with van der Waals surface area (Å²) in [6.45, 7) is 5.40. The minimum absolute atomic E-state index is 0.540. The summed E-state index contributed by atoms with van der Waals surface area (Å²) in [5.41, 5.74) is 6.30. The summed E-state index contributed by atoms with van der Waals surface area (Å²) in [4.78, 5) is 8.05. The predicted molar refractivity (Wildman–Crippen MR) is 50.6 cm³/mol. The van der Waals surface area contributed by atoms with Crippen molar-refractivity contribution in [3.05, 3.63) is 24.6 Å². The van der Waals surface area contributed by atoms with E-state index < -0.39 is 0 Å². The van der Waals surface area contributed by atoms with E-state index in [-0.39, 0.29) is 0 Å². The molecule has 0 saturated carbocycles. The molecule has 0 unspecified atom stereocenters. The van der Waals surface area contributed by atoms with Gasteiger partial charge in [-0.1, -0.05) is 12.7 Å². The topological polar surface area (TPSA) is 50.7 Å². The molecule has 58 valence electrons. The fourth-order valence-electron chi connectivity index (χ4n) is 0.704. The molecule has 1 aliphatic heterocycles. The van der Waals surface area contributed by atoms with Gasteiger partial charge in [-0.05, 0) is 18.7 Å². The van der Waals surface area contributed by atoms with Crippen LogP contribution in [0.25, 0.3) is 0 Å². The van der Waals surface area contributed by atoms with Gasteiger partial charge in [-0.25, -0.2) is 9.98 Å². The van der Waals surface area contributed by atoms with Gasteiger partial charge in [0.1, 0.15) is 5.04 Å². The van der Waals surface area contributed by atoms with Crippen LogP contribution < -0.4 is 5.73 Å². The lowest BCUT2D eigenvalue weighted by atomic mass is 10.4. The Morgan fingerprint density at radius 1 is 1.73 bits per heavy atom. The first-order chi connectivity index (χ1) is 5.27. The quantitative estimate of drug-likeness (QED) is 0.643. The highest BCUT2D eigenvalue weighted by Crippen LogP contribution is 2.22. The predicted octanol–water partition coefficient (Wildman–Crippen LogP) is 1.49. The number of hydrogen-bond donors (Lipinski definition) is 1. The zero-order valence-corrected chi connectivity index (χ0v) is 7.06. The van der Waals surface area contributed by atoms with Crippen molar-refractivity contribution in [3.63, 3.8) is 0 Å². The third-order valence-corrected chi connectivity index (χ3v) is 1.94. The molecule has 2 N–H and O–H groups in total. The Bertz CT molecular complexity index is 263. The number of nitrogens with zero attached hydrogens (tertiary/aromatic N) is 2. The average Bonchev–Trinajstić information content (AvgIpc) is 2.32. The lowest BCUT2D eigenvalue weighted by Crippen LogP contribution is -2.02. The maximum absolute atomic E-state index is 5.48. The summed E-state index contributed by atoms with van der Waals surface area (Å²) in [6, 6.07) is 0. The Morgan fingerprint density at radius 3 is 3.00 bits per heavy atom. The molecule has 0 amide bonds. The number of hydrogen-bond acceptors (Lipinski definition) is 4. The largest absolute Gasteiger partial charge is 0.378 e. The summed E-state index contributed by atoms with van der Waals surface area (Å²) in [6.07, 6.45) is 3.36. The van der Waals surface area contributed by atoms with E-state index in [1.54, 1.807) is 0 Å². The Morgan fingerprint density at radius 2 is 2.45 bits per heavy atom. The molecule has 0 bridgehead atoms. The van der Waals surface area contributed by atoms with Crippen molar-refractivity contribution < 1.29 is 0 Å². The van der Waals surface area contributed by atoms with Gasteiger partial charge in [0.2, 0.25) is 0 Å². The van der Waals surface area contributed by atoms with Crippen LogP contribution in [0.15, 0.2) is 34.5 Å². The average molecular weight is 167 g/mol. The molecule has 0 atom stereocenters. The number of thioether (sulfide) groups is 1. The normalized spacial score (nSPS) is 24.3. The van der Waals surface area contributed by atoms with Crippen LogP contribution in [0, 0.1) is 0 Å². The van der Waals surface area contributed by atoms with Crippen molar-refractivity contribution in [3.8, 4) is 0 Å². The fraction of sp³-hybridized carbons (Fsp3) is 0.143. The fourth-order valence-corrected chi connectivity index (χ4v) is 1.44. The molecule has 0 saturated heterocycles. The number of amidine groups is 1. The van der Waals surface area contributed by atoms with Crippen LogP contribution in [-0.2, 0) is 0 Å². The SMILES string of the molecule is C=C/N=C1/SC(N)=N/C1=C/C. The summed E-state index contributed by atoms with van der Waals surface area (Å²) in [5.74, 6) is 0. The molecular weight excluding hydrogens is 158 g/mol. The van der Waals surface area contributed by atoms with Crippen LogP contribution in [0.1, 0.15) is 6.92 Å². The van der Waals surface area contributed by atoms with Gasteiger partial charge in [-0.3, -0.25) is 0 Å². The third-order valence-electron chi connectivity index (χ3n) is 1.13. The van der Waals surface area contributed by atoms with Crippen LogP contribution in [0.4, 0.5) is 0 Å². The second kappa shape index (κ2) is 3.39. The summed E-state index contributed by atoms with van der Waals surface area (Å²) < 4.78 is 0. The summed E-state index contributed by atoms with van der Waals surface area (Å²) >= 11 is 1.36. The van der Waals surface area contributed by atoms with Crippen molar-refractivity contribution >= 4 is 22.0 Å². The van der Waals surface area contributed by atoms with Gasteiger partial charge in [0.15, 0.2) is 5.17 Å². The molecular formula is C7H9N3S. The van der Waals surface area contributed by atoms with Crippen LogP contribution >= 0.6 is 11.8 Å². The Kier molecular flexibility index (Phi) is 2.48. The Hall–Kier alpha value is -1.03. The monoisotopic (exact) mass is 167 g/mol. The van der Waals surface area contributed by atoms with Gasteiger partial charge in [0.05, 0.1) is 5.70 Å². The molecule has 1 heterocycles. The smallest absolute Gasteiger partial charge is 0.165 e. The first kappa shape index (κ1) is 8.07. The number of rotatable bonds is 1. The first-order valence-electron chi connectivity index (χ1n) is 3.15. The van der Waals surface area contributed by atoms with Gasteiger partial charge < -0.3 is 5.73 Å². The minimum Gasteiger partial charge on any atom is -0.378 e. The van der Waals surface area contributed by atoms with E-state index in [2.05, 4.69) is 16.6 Å². The van der Waals surface area contributed by atoms with E-state index in [4.69, 9.17) is 5.73 Å². The minimum atomic E-state index is 0.540. The lowest BCUT2D eigenvalue weighted by molar-refractivity contribution is 1.43. The second-order valence-electron chi connectivity index (χ2n) is 1.84. The summed E-state index contributed by atoms with van der Waals surface area (Å²) in [7, 11) is 0. The van der Waals surface area contributed by atoms with Crippen molar-refractivity contribution in [2.75, 3.05) is 0 Å². The number of allylic oxidation sites excluding steroid dienone is 1. The van der Waals surface area contributed by atoms with Crippen molar-refractivity contribution in [2.24, 2.45) is 15.7 Å². The molecule has 0 spiro atoms. The zero-order chi connectivity index (χ0) is 8.27. The lowest BCUT2D eigenvalue weighted by Gasteiger charge is -1.90. The number of nitrogens with two attached hydrogens (primary N) is 1. The summed E-state index contributed by atoms with van der Waals surface area (Å²) in [5, 5.41) is 1.36. The van der Waals surface area contributed by atoms with Gasteiger partial charge >= 0.3 is 0 Å². The van der Waals surface area contributed by atoms with Gasteiger partial charge in [-0.2, -0.15) is 0 Å². The highest BCUT2D eigenvalue weighted by atomic mass is 32.2. The van der Waals surface area contributed by atoms with E-state index in [1.165, 1.54) is 18.0 Å². The molecule has 0 aromatic heterocycles. The Labute approximate surface area is 69.8 Å². The van der Waals surface area contributed by atoms with E-state index in [9.17, 15) is 0 Å². The molecule has 3 nitrogen and oxygen atoms in total. The third kappa shape index (κ3) is 1.71. The highest BCUT2D eigenvalue weighted by Gasteiger charge is 2.15. The molecule has 0 fully saturated rings. The molecule has 0 aliphatic carbocycles. The van der Waals surface area contributed by atoms with Crippen LogP contribution in [-0.4, -0.2) is 10.2 Å². The van der Waals surface area contributed by atoms with E-state index in [1.807, 2.05) is 13.0 Å². The zero-order valence-electron chi connectivity index (χ0n) is 6.24. The van der Waals surface area contributed by atoms with Crippen molar-refractivity contribution in [2.45, 2.75) is 6.92 Å². The van der Waals surface area contributed by atoms with E-state index >= 15 is 0 Å². The molecule has 4 heteroatoms. The van der Waals surface area contributed by atoms with Gasteiger partial charge in [-0.15, -0.1) is 0 Å².